The molecule has 0 aliphatic heterocycles. The second-order valence-electron chi connectivity index (χ2n) is 4.77. The zero-order valence-corrected chi connectivity index (χ0v) is 13.2. The fraction of sp³-hybridized carbons (Fsp3) is 0.176. The first-order valence-electron chi connectivity index (χ1n) is 6.84. The molecule has 108 valence electrons. The summed E-state index contributed by atoms with van der Waals surface area (Å²) in [6.07, 6.45) is 2.03. The lowest BCUT2D eigenvalue weighted by Crippen LogP contribution is -2.00. The van der Waals surface area contributed by atoms with E-state index < -0.39 is 0 Å². The van der Waals surface area contributed by atoms with Crippen molar-refractivity contribution in [3.63, 3.8) is 0 Å². The van der Waals surface area contributed by atoms with Crippen LogP contribution >= 0.6 is 23.2 Å². The quantitative estimate of drug-likeness (QED) is 0.628. The van der Waals surface area contributed by atoms with Crippen LogP contribution in [0.3, 0.4) is 0 Å². The van der Waals surface area contributed by atoms with Crippen molar-refractivity contribution < 1.29 is 4.74 Å². The predicted octanol–water partition coefficient (Wildman–Crippen LogP) is 5.40. The summed E-state index contributed by atoms with van der Waals surface area (Å²) in [7, 11) is 0. The molecule has 0 unspecified atom stereocenters. The Morgan fingerprint density at radius 2 is 1.71 bits per heavy atom. The molecule has 21 heavy (non-hydrogen) atoms. The number of ether oxygens (including phenoxy) is 1. The molecule has 0 radical (unpaired) electrons. The Morgan fingerprint density at radius 1 is 1.00 bits per heavy atom. The van der Waals surface area contributed by atoms with Gasteiger partial charge >= 0.3 is 0 Å². The number of hydrogen-bond donors (Lipinski definition) is 0. The van der Waals surface area contributed by atoms with E-state index in [1.54, 1.807) is 0 Å². The van der Waals surface area contributed by atoms with Crippen LogP contribution in [-0.2, 0) is 6.54 Å². The van der Waals surface area contributed by atoms with Gasteiger partial charge in [0, 0.05) is 27.2 Å². The Hall–Kier alpha value is -1.64. The molecule has 0 aliphatic rings. The van der Waals surface area contributed by atoms with E-state index in [4.69, 9.17) is 27.9 Å². The third-order valence-electron chi connectivity index (χ3n) is 3.46. The predicted molar refractivity (Wildman–Crippen MR) is 88.7 cm³/mol. The van der Waals surface area contributed by atoms with Crippen molar-refractivity contribution in [2.45, 2.75) is 13.5 Å². The van der Waals surface area contributed by atoms with Gasteiger partial charge in [0.25, 0.3) is 0 Å². The lowest BCUT2D eigenvalue weighted by molar-refractivity contribution is 0.344. The Labute approximate surface area is 133 Å². The molecule has 0 saturated heterocycles. The first-order valence-corrected chi connectivity index (χ1v) is 7.60. The van der Waals surface area contributed by atoms with Crippen LogP contribution in [0.4, 0.5) is 0 Å². The maximum atomic E-state index is 6.26. The minimum Gasteiger partial charge on any atom is -0.493 e. The molecule has 0 bridgehead atoms. The molecular formula is C17H15Cl2NO. The number of hydrogen-bond acceptors (Lipinski definition) is 1. The van der Waals surface area contributed by atoms with Gasteiger partial charge in [0.15, 0.2) is 0 Å². The third-order valence-corrected chi connectivity index (χ3v) is 4.17. The van der Waals surface area contributed by atoms with Crippen LogP contribution in [0.5, 0.6) is 5.75 Å². The Balaban J connectivity index is 2.04. The molecule has 0 N–H and O–H groups in total. The smallest absolute Gasteiger partial charge is 0.128 e. The lowest BCUT2D eigenvalue weighted by atomic mass is 10.2. The van der Waals surface area contributed by atoms with Gasteiger partial charge in [-0.2, -0.15) is 0 Å². The van der Waals surface area contributed by atoms with Gasteiger partial charge in [-0.1, -0.05) is 35.3 Å². The monoisotopic (exact) mass is 319 g/mol. The average molecular weight is 320 g/mol. The highest BCUT2D eigenvalue weighted by molar-refractivity contribution is 6.36. The highest BCUT2D eigenvalue weighted by atomic mass is 35.5. The second kappa shape index (κ2) is 6.00. The average Bonchev–Trinajstić information content (AvgIpc) is 2.88. The summed E-state index contributed by atoms with van der Waals surface area (Å²) in [5, 5.41) is 2.47. The van der Waals surface area contributed by atoms with Crippen molar-refractivity contribution in [1.29, 1.82) is 0 Å². The number of nitrogens with zero attached hydrogens (tertiary/aromatic N) is 1. The van der Waals surface area contributed by atoms with Crippen LogP contribution < -0.4 is 4.74 Å². The minimum absolute atomic E-state index is 0.636. The molecule has 2 aromatic carbocycles. The van der Waals surface area contributed by atoms with E-state index in [0.29, 0.717) is 23.2 Å². The van der Waals surface area contributed by atoms with Gasteiger partial charge in [-0.15, -0.1) is 0 Å². The van der Waals surface area contributed by atoms with Crippen LogP contribution in [0.2, 0.25) is 10.0 Å². The SMILES string of the molecule is CCOc1cccc2c1ccn2Cc1c(Cl)cccc1Cl. The molecule has 0 amide bonds. The molecule has 2 nitrogen and oxygen atoms in total. The lowest BCUT2D eigenvalue weighted by Gasteiger charge is -2.10. The van der Waals surface area contributed by atoms with E-state index in [1.807, 2.05) is 43.5 Å². The summed E-state index contributed by atoms with van der Waals surface area (Å²) < 4.78 is 7.79. The molecule has 1 aromatic heterocycles. The molecule has 0 saturated carbocycles. The molecule has 1 heterocycles. The first-order chi connectivity index (χ1) is 10.2. The van der Waals surface area contributed by atoms with Gasteiger partial charge < -0.3 is 9.30 Å². The maximum absolute atomic E-state index is 6.26. The molecular weight excluding hydrogens is 305 g/mol. The highest BCUT2D eigenvalue weighted by Crippen LogP contribution is 2.30. The van der Waals surface area contributed by atoms with Gasteiger partial charge in [0.05, 0.1) is 18.7 Å². The number of rotatable bonds is 4. The van der Waals surface area contributed by atoms with E-state index in [0.717, 1.165) is 22.2 Å². The molecule has 0 fully saturated rings. The van der Waals surface area contributed by atoms with Gasteiger partial charge in [-0.25, -0.2) is 0 Å². The highest BCUT2D eigenvalue weighted by Gasteiger charge is 2.10. The zero-order chi connectivity index (χ0) is 14.8. The van der Waals surface area contributed by atoms with Gasteiger partial charge in [-0.3, -0.25) is 0 Å². The van der Waals surface area contributed by atoms with Gasteiger partial charge in [0.1, 0.15) is 5.75 Å². The van der Waals surface area contributed by atoms with Gasteiger partial charge in [-0.05, 0) is 37.3 Å². The van der Waals surface area contributed by atoms with Crippen LogP contribution in [0, 0.1) is 0 Å². The molecule has 0 atom stereocenters. The summed E-state index contributed by atoms with van der Waals surface area (Å²) in [5.41, 5.74) is 2.04. The second-order valence-corrected chi connectivity index (χ2v) is 5.58. The molecule has 0 aliphatic carbocycles. The van der Waals surface area contributed by atoms with Crippen molar-refractivity contribution >= 4 is 34.1 Å². The normalized spacial score (nSPS) is 11.0. The van der Waals surface area contributed by atoms with Crippen molar-refractivity contribution in [2.75, 3.05) is 6.61 Å². The number of aromatic nitrogens is 1. The fourth-order valence-electron chi connectivity index (χ4n) is 2.47. The number of benzene rings is 2. The Morgan fingerprint density at radius 3 is 2.43 bits per heavy atom. The van der Waals surface area contributed by atoms with Crippen molar-refractivity contribution in [1.82, 2.24) is 4.57 Å². The topological polar surface area (TPSA) is 14.2 Å². The van der Waals surface area contributed by atoms with Crippen LogP contribution in [0.25, 0.3) is 10.9 Å². The fourth-order valence-corrected chi connectivity index (χ4v) is 2.99. The van der Waals surface area contributed by atoms with E-state index >= 15 is 0 Å². The van der Waals surface area contributed by atoms with E-state index in [9.17, 15) is 0 Å². The minimum atomic E-state index is 0.636. The summed E-state index contributed by atoms with van der Waals surface area (Å²) in [6, 6.07) is 13.7. The van der Waals surface area contributed by atoms with E-state index in [-0.39, 0.29) is 0 Å². The number of fused-ring (bicyclic) bond motifs is 1. The van der Waals surface area contributed by atoms with Crippen LogP contribution in [0.1, 0.15) is 12.5 Å². The first kappa shape index (κ1) is 14.3. The third kappa shape index (κ3) is 2.74. The summed E-state index contributed by atoms with van der Waals surface area (Å²) in [6.45, 7) is 3.28. The zero-order valence-electron chi connectivity index (χ0n) is 11.6. The molecule has 4 heteroatoms. The standard InChI is InChI=1S/C17H15Cl2NO/c1-2-21-17-8-4-7-16-12(17)9-10-20(16)11-13-14(18)5-3-6-15(13)19/h3-10H,2,11H2,1H3. The van der Waals surface area contributed by atoms with E-state index in [2.05, 4.69) is 16.7 Å². The van der Waals surface area contributed by atoms with Crippen LogP contribution in [-0.4, -0.2) is 11.2 Å². The summed E-state index contributed by atoms with van der Waals surface area (Å²) >= 11 is 12.5. The molecule has 0 spiro atoms. The van der Waals surface area contributed by atoms with Crippen molar-refractivity contribution in [2.24, 2.45) is 0 Å². The van der Waals surface area contributed by atoms with Crippen molar-refractivity contribution in [3.05, 3.63) is 64.3 Å². The van der Waals surface area contributed by atoms with Crippen LogP contribution in [0.15, 0.2) is 48.7 Å². The van der Waals surface area contributed by atoms with Gasteiger partial charge in [0.2, 0.25) is 0 Å². The maximum Gasteiger partial charge on any atom is 0.128 e. The molecule has 3 aromatic rings. The summed E-state index contributed by atoms with van der Waals surface area (Å²) in [5.74, 6) is 0.902. The summed E-state index contributed by atoms with van der Waals surface area (Å²) in [4.78, 5) is 0. The Kier molecular flexibility index (Phi) is 4.09. The number of halogens is 2. The van der Waals surface area contributed by atoms with E-state index in [1.165, 1.54) is 0 Å². The van der Waals surface area contributed by atoms with Crippen molar-refractivity contribution in [3.8, 4) is 5.75 Å². The Bertz CT molecular complexity index is 759. The largest absolute Gasteiger partial charge is 0.493 e. The molecule has 3 rings (SSSR count).